The average Bonchev–Trinajstić information content (AvgIpc) is 3.58. The second kappa shape index (κ2) is 13.3. The number of carbonyl (C=O) groups excluding carboxylic acids is 3. The van der Waals surface area contributed by atoms with E-state index in [1.165, 1.54) is 42.4 Å². The molecule has 222 valence electrons. The Kier molecular flexibility index (Phi) is 9.05. The number of anilines is 1. The Morgan fingerprint density at radius 1 is 1.00 bits per heavy atom. The molecule has 0 saturated carbocycles. The number of non-ortho nitro benzene ring substituents is 1. The fourth-order valence-corrected chi connectivity index (χ4v) is 4.79. The van der Waals surface area contributed by atoms with Crippen molar-refractivity contribution < 1.29 is 28.8 Å². The van der Waals surface area contributed by atoms with Gasteiger partial charge in [-0.25, -0.2) is 0 Å². The SMILES string of the molecule is COc1cc(/C=C/C(=O)/C=C/c2cccc([N+](=O)[O-])c2)ccc1OCc1cn(CCN2C(=O)C(=O)c3cc(Br)ccc32)nn1. The lowest BCUT2D eigenvalue weighted by molar-refractivity contribution is -0.384. The highest BCUT2D eigenvalue weighted by molar-refractivity contribution is 9.10. The van der Waals surface area contributed by atoms with Crippen molar-refractivity contribution in [3.8, 4) is 11.5 Å². The molecule has 12 nitrogen and oxygen atoms in total. The molecule has 0 saturated heterocycles. The molecule has 1 aromatic heterocycles. The Bertz CT molecular complexity index is 1830. The Morgan fingerprint density at radius 3 is 2.52 bits per heavy atom. The van der Waals surface area contributed by atoms with Crippen LogP contribution in [0.3, 0.4) is 0 Å². The summed E-state index contributed by atoms with van der Waals surface area (Å²) in [6, 6.07) is 16.3. The van der Waals surface area contributed by atoms with Crippen molar-refractivity contribution in [1.82, 2.24) is 15.0 Å². The zero-order chi connectivity index (χ0) is 31.2. The first-order valence-electron chi connectivity index (χ1n) is 13.2. The molecular weight excluding hydrogens is 634 g/mol. The van der Waals surface area contributed by atoms with E-state index in [-0.39, 0.29) is 24.6 Å². The van der Waals surface area contributed by atoms with E-state index in [4.69, 9.17) is 9.47 Å². The quantitative estimate of drug-likeness (QED) is 0.0882. The lowest BCUT2D eigenvalue weighted by Crippen LogP contribution is -2.32. The lowest BCUT2D eigenvalue weighted by Gasteiger charge is -2.16. The number of benzene rings is 3. The fourth-order valence-electron chi connectivity index (χ4n) is 4.42. The van der Waals surface area contributed by atoms with Gasteiger partial charge in [0.25, 0.3) is 17.4 Å². The van der Waals surface area contributed by atoms with Gasteiger partial charge in [0.15, 0.2) is 17.3 Å². The minimum atomic E-state index is -0.575. The molecule has 0 aliphatic carbocycles. The number of ketones is 2. The third kappa shape index (κ3) is 6.95. The number of nitrogens with zero attached hydrogens (tertiary/aromatic N) is 5. The number of nitro benzene ring substituents is 1. The van der Waals surface area contributed by atoms with Crippen molar-refractivity contribution in [2.75, 3.05) is 18.6 Å². The van der Waals surface area contributed by atoms with E-state index in [1.54, 1.807) is 65.5 Å². The van der Waals surface area contributed by atoms with Gasteiger partial charge in [-0.1, -0.05) is 51.5 Å². The molecule has 0 fully saturated rings. The summed E-state index contributed by atoms with van der Waals surface area (Å²) < 4.78 is 13.6. The Morgan fingerprint density at radius 2 is 1.77 bits per heavy atom. The van der Waals surface area contributed by atoms with E-state index < -0.39 is 16.6 Å². The molecule has 0 bridgehead atoms. The first-order valence-corrected chi connectivity index (χ1v) is 14.0. The van der Waals surface area contributed by atoms with Gasteiger partial charge in [0, 0.05) is 23.2 Å². The zero-order valence-electron chi connectivity index (χ0n) is 23.3. The van der Waals surface area contributed by atoms with Crippen LogP contribution in [0.25, 0.3) is 12.2 Å². The molecule has 4 aromatic rings. The van der Waals surface area contributed by atoms with E-state index in [0.717, 1.165) is 4.47 Å². The maximum Gasteiger partial charge on any atom is 0.299 e. The summed E-state index contributed by atoms with van der Waals surface area (Å²) in [4.78, 5) is 49.0. The van der Waals surface area contributed by atoms with Gasteiger partial charge in [0.2, 0.25) is 0 Å². The molecule has 44 heavy (non-hydrogen) atoms. The number of allylic oxidation sites excluding steroid dienone is 2. The molecule has 0 N–H and O–H groups in total. The first kappa shape index (κ1) is 30.0. The molecule has 3 aromatic carbocycles. The number of hydrogen-bond donors (Lipinski definition) is 0. The van der Waals surface area contributed by atoms with Gasteiger partial charge >= 0.3 is 0 Å². The summed E-state index contributed by atoms with van der Waals surface area (Å²) in [5.41, 5.74) is 2.67. The average molecular weight is 658 g/mol. The van der Waals surface area contributed by atoms with Gasteiger partial charge in [-0.3, -0.25) is 29.2 Å². The highest BCUT2D eigenvalue weighted by Gasteiger charge is 2.35. The number of methoxy groups -OCH3 is 1. The molecule has 2 heterocycles. The number of ether oxygens (including phenoxy) is 2. The van der Waals surface area contributed by atoms with Crippen molar-refractivity contribution in [3.63, 3.8) is 0 Å². The smallest absolute Gasteiger partial charge is 0.299 e. The lowest BCUT2D eigenvalue weighted by atomic mass is 10.1. The highest BCUT2D eigenvalue weighted by Crippen LogP contribution is 2.31. The molecule has 1 amide bonds. The van der Waals surface area contributed by atoms with Gasteiger partial charge in [-0.05, 0) is 53.6 Å². The summed E-state index contributed by atoms with van der Waals surface area (Å²) in [5.74, 6) is -0.502. The van der Waals surface area contributed by atoms with E-state index in [9.17, 15) is 24.5 Å². The number of halogens is 1. The van der Waals surface area contributed by atoms with Crippen LogP contribution in [0.2, 0.25) is 0 Å². The standard InChI is InChI=1S/C31H24BrN5O7/c1-43-29-16-21(6-10-25(38)9-5-20-3-2-4-24(15-20)37(41)42)7-12-28(29)44-19-23-18-35(34-33-23)13-14-36-27-11-8-22(32)17-26(27)30(39)31(36)40/h2-12,15-18H,13-14,19H2,1H3/b9-5+,10-6+. The minimum Gasteiger partial charge on any atom is -0.493 e. The van der Waals surface area contributed by atoms with E-state index in [2.05, 4.69) is 26.2 Å². The number of fused-ring (bicyclic) bond motifs is 1. The predicted octanol–water partition coefficient (Wildman–Crippen LogP) is 5.06. The van der Waals surface area contributed by atoms with Crippen LogP contribution >= 0.6 is 15.9 Å². The van der Waals surface area contributed by atoms with Crippen molar-refractivity contribution in [1.29, 1.82) is 0 Å². The van der Waals surface area contributed by atoms with E-state index in [1.807, 2.05) is 0 Å². The topological polar surface area (TPSA) is 147 Å². The van der Waals surface area contributed by atoms with Crippen LogP contribution in [0.4, 0.5) is 11.4 Å². The van der Waals surface area contributed by atoms with Gasteiger partial charge in [-0.15, -0.1) is 5.10 Å². The third-order valence-corrected chi connectivity index (χ3v) is 7.09. The van der Waals surface area contributed by atoms with Crippen LogP contribution in [-0.2, 0) is 22.7 Å². The summed E-state index contributed by atoms with van der Waals surface area (Å²) in [6.07, 6.45) is 7.54. The Labute approximate surface area is 259 Å². The molecule has 0 radical (unpaired) electrons. The second-order valence-electron chi connectivity index (χ2n) is 9.54. The van der Waals surface area contributed by atoms with Crippen LogP contribution in [0.1, 0.15) is 27.2 Å². The van der Waals surface area contributed by atoms with Gasteiger partial charge in [0.1, 0.15) is 12.3 Å². The summed E-state index contributed by atoms with van der Waals surface area (Å²) in [6.45, 7) is 0.675. The highest BCUT2D eigenvalue weighted by atomic mass is 79.9. The molecule has 5 rings (SSSR count). The molecule has 0 unspecified atom stereocenters. The van der Waals surface area contributed by atoms with E-state index >= 15 is 0 Å². The zero-order valence-corrected chi connectivity index (χ0v) is 24.8. The fraction of sp³-hybridized carbons (Fsp3) is 0.129. The molecule has 1 aliphatic rings. The van der Waals surface area contributed by atoms with Crippen molar-refractivity contribution in [2.45, 2.75) is 13.2 Å². The van der Waals surface area contributed by atoms with Gasteiger partial charge in [0.05, 0.1) is 36.0 Å². The van der Waals surface area contributed by atoms with Gasteiger partial charge < -0.3 is 14.4 Å². The first-order chi connectivity index (χ1) is 21.2. The largest absolute Gasteiger partial charge is 0.493 e. The Hall–Kier alpha value is -5.43. The maximum atomic E-state index is 12.5. The van der Waals surface area contributed by atoms with Crippen molar-refractivity contribution in [3.05, 3.63) is 116 Å². The van der Waals surface area contributed by atoms with Crippen molar-refractivity contribution in [2.24, 2.45) is 0 Å². The summed E-state index contributed by atoms with van der Waals surface area (Å²) >= 11 is 3.33. The number of carbonyl (C=O) groups is 3. The number of Topliss-reactive ketones (excluding diaryl/α,β-unsaturated/α-hetero) is 1. The van der Waals surface area contributed by atoms with Crippen LogP contribution < -0.4 is 14.4 Å². The number of amides is 1. The second-order valence-corrected chi connectivity index (χ2v) is 10.5. The molecule has 1 aliphatic heterocycles. The third-order valence-electron chi connectivity index (χ3n) is 6.60. The molecule has 0 spiro atoms. The molecule has 13 heteroatoms. The monoisotopic (exact) mass is 657 g/mol. The number of hydrogen-bond acceptors (Lipinski definition) is 9. The van der Waals surface area contributed by atoms with Crippen LogP contribution in [0.5, 0.6) is 11.5 Å². The van der Waals surface area contributed by atoms with Crippen LogP contribution in [0.15, 0.2) is 83.5 Å². The van der Waals surface area contributed by atoms with Crippen LogP contribution in [-0.4, -0.2) is 51.0 Å². The summed E-state index contributed by atoms with van der Waals surface area (Å²) in [7, 11) is 1.50. The number of rotatable bonds is 12. The minimum absolute atomic E-state index is 0.0525. The normalized spacial score (nSPS) is 12.7. The van der Waals surface area contributed by atoms with Crippen LogP contribution in [0, 0.1) is 10.1 Å². The number of aromatic nitrogens is 3. The molecular formula is C31H24BrN5O7. The Balaban J connectivity index is 1.15. The number of nitro groups is 1. The maximum absolute atomic E-state index is 12.5. The van der Waals surface area contributed by atoms with E-state index in [0.29, 0.717) is 46.1 Å². The predicted molar refractivity (Wildman–Crippen MR) is 164 cm³/mol. The summed E-state index contributed by atoms with van der Waals surface area (Å²) in [5, 5.41) is 19.1. The van der Waals surface area contributed by atoms with Gasteiger partial charge in [-0.2, -0.15) is 0 Å². The molecule has 0 atom stereocenters. The van der Waals surface area contributed by atoms with Crippen molar-refractivity contribution >= 4 is 56.9 Å².